The number of aromatic nitrogens is 1. The number of pyridine rings is 1. The van der Waals surface area contributed by atoms with Crippen molar-refractivity contribution in [3.63, 3.8) is 0 Å². The second-order valence-corrected chi connectivity index (χ2v) is 5.61. The van der Waals surface area contributed by atoms with Gasteiger partial charge in [-0.05, 0) is 25.3 Å². The van der Waals surface area contributed by atoms with Gasteiger partial charge in [-0.25, -0.2) is 9.37 Å². The molecule has 0 amide bonds. The number of nitrogens with zero attached hydrogens (tertiary/aromatic N) is 2. The number of hydrogen-bond donors (Lipinski definition) is 1. The normalized spacial score (nSPS) is 23.1. The van der Waals surface area contributed by atoms with Crippen LogP contribution in [0.3, 0.4) is 0 Å². The molecule has 4 nitrogen and oxygen atoms in total. The van der Waals surface area contributed by atoms with Gasteiger partial charge in [0.05, 0.1) is 12.7 Å². The molecule has 1 atom stereocenters. The van der Waals surface area contributed by atoms with Crippen LogP contribution in [-0.2, 0) is 11.3 Å². The SMILES string of the molecule is CCC1CN(c2nccc(CNC3CC3)c2F)CCO1. The minimum Gasteiger partial charge on any atom is -0.375 e. The summed E-state index contributed by atoms with van der Waals surface area (Å²) in [5, 5.41) is 3.35. The van der Waals surface area contributed by atoms with Crippen molar-refractivity contribution < 1.29 is 9.13 Å². The van der Waals surface area contributed by atoms with E-state index in [2.05, 4.69) is 17.2 Å². The molecular formula is C15H22FN3O. The molecule has 1 aliphatic heterocycles. The third kappa shape index (κ3) is 3.10. The molecule has 0 bridgehead atoms. The predicted octanol–water partition coefficient (Wildman–Crippen LogP) is 2.09. The van der Waals surface area contributed by atoms with E-state index in [0.29, 0.717) is 37.1 Å². The average molecular weight is 279 g/mol. The first-order chi connectivity index (χ1) is 9.78. The fourth-order valence-electron chi connectivity index (χ4n) is 2.53. The molecule has 2 heterocycles. The largest absolute Gasteiger partial charge is 0.375 e. The van der Waals surface area contributed by atoms with Crippen LogP contribution in [0.1, 0.15) is 31.7 Å². The highest BCUT2D eigenvalue weighted by atomic mass is 19.1. The summed E-state index contributed by atoms with van der Waals surface area (Å²) < 4.78 is 20.2. The van der Waals surface area contributed by atoms with Gasteiger partial charge in [-0.15, -0.1) is 0 Å². The second kappa shape index (κ2) is 6.06. The number of anilines is 1. The molecule has 20 heavy (non-hydrogen) atoms. The fourth-order valence-corrected chi connectivity index (χ4v) is 2.53. The summed E-state index contributed by atoms with van der Waals surface area (Å²) in [5.41, 5.74) is 0.710. The van der Waals surface area contributed by atoms with Crippen molar-refractivity contribution in [2.24, 2.45) is 0 Å². The van der Waals surface area contributed by atoms with Gasteiger partial charge in [0.15, 0.2) is 11.6 Å². The van der Waals surface area contributed by atoms with Gasteiger partial charge in [-0.2, -0.15) is 0 Å². The van der Waals surface area contributed by atoms with Crippen molar-refractivity contribution in [3.8, 4) is 0 Å². The van der Waals surface area contributed by atoms with Crippen LogP contribution in [0, 0.1) is 5.82 Å². The van der Waals surface area contributed by atoms with Crippen molar-refractivity contribution in [2.45, 2.75) is 44.9 Å². The molecule has 3 rings (SSSR count). The number of halogens is 1. The van der Waals surface area contributed by atoms with Crippen LogP contribution >= 0.6 is 0 Å². The molecule has 110 valence electrons. The lowest BCUT2D eigenvalue weighted by Gasteiger charge is -2.33. The lowest BCUT2D eigenvalue weighted by Crippen LogP contribution is -2.43. The first kappa shape index (κ1) is 13.8. The van der Waals surface area contributed by atoms with Crippen LogP contribution in [0.2, 0.25) is 0 Å². The van der Waals surface area contributed by atoms with Crippen molar-refractivity contribution in [1.82, 2.24) is 10.3 Å². The Morgan fingerprint density at radius 2 is 2.35 bits per heavy atom. The standard InChI is InChI=1S/C15H22FN3O/c1-2-13-10-19(7-8-20-13)15-14(16)11(5-6-17-15)9-18-12-3-4-12/h5-6,12-13,18H,2-4,7-10H2,1H3. The van der Waals surface area contributed by atoms with Gasteiger partial charge >= 0.3 is 0 Å². The Kier molecular flexibility index (Phi) is 4.17. The zero-order valence-electron chi connectivity index (χ0n) is 11.9. The fraction of sp³-hybridized carbons (Fsp3) is 0.667. The van der Waals surface area contributed by atoms with Gasteiger partial charge in [0.1, 0.15) is 0 Å². The summed E-state index contributed by atoms with van der Waals surface area (Å²) in [6.07, 6.45) is 5.25. The summed E-state index contributed by atoms with van der Waals surface area (Å²) in [6.45, 7) is 4.76. The van der Waals surface area contributed by atoms with E-state index in [4.69, 9.17) is 4.74 Å². The van der Waals surface area contributed by atoms with Crippen LogP contribution in [0.15, 0.2) is 12.3 Å². The molecule has 2 fully saturated rings. The van der Waals surface area contributed by atoms with E-state index in [1.807, 2.05) is 4.90 Å². The van der Waals surface area contributed by atoms with Gasteiger partial charge in [0, 0.05) is 37.4 Å². The maximum atomic E-state index is 14.6. The van der Waals surface area contributed by atoms with Crippen molar-refractivity contribution >= 4 is 5.82 Å². The van der Waals surface area contributed by atoms with Crippen molar-refractivity contribution in [1.29, 1.82) is 0 Å². The molecule has 1 saturated carbocycles. The summed E-state index contributed by atoms with van der Waals surface area (Å²) in [4.78, 5) is 6.25. The lowest BCUT2D eigenvalue weighted by atomic mass is 10.2. The summed E-state index contributed by atoms with van der Waals surface area (Å²) in [6, 6.07) is 2.35. The number of ether oxygens (including phenoxy) is 1. The lowest BCUT2D eigenvalue weighted by molar-refractivity contribution is 0.0379. The maximum absolute atomic E-state index is 14.6. The van der Waals surface area contributed by atoms with E-state index in [0.717, 1.165) is 13.0 Å². The zero-order valence-corrected chi connectivity index (χ0v) is 11.9. The van der Waals surface area contributed by atoms with Gasteiger partial charge < -0.3 is 15.0 Å². The minimum absolute atomic E-state index is 0.179. The van der Waals surface area contributed by atoms with Crippen molar-refractivity contribution in [3.05, 3.63) is 23.6 Å². The molecule has 0 aromatic carbocycles. The zero-order chi connectivity index (χ0) is 13.9. The summed E-state index contributed by atoms with van der Waals surface area (Å²) >= 11 is 0. The highest BCUT2D eigenvalue weighted by molar-refractivity contribution is 5.43. The van der Waals surface area contributed by atoms with Crippen molar-refractivity contribution in [2.75, 3.05) is 24.6 Å². The average Bonchev–Trinajstić information content (AvgIpc) is 3.30. The van der Waals surface area contributed by atoms with Crippen LogP contribution in [0.4, 0.5) is 10.2 Å². The molecule has 0 spiro atoms. The Morgan fingerprint density at radius 3 is 3.10 bits per heavy atom. The number of rotatable bonds is 5. The quantitative estimate of drug-likeness (QED) is 0.895. The smallest absolute Gasteiger partial charge is 0.170 e. The topological polar surface area (TPSA) is 37.4 Å². The predicted molar refractivity (Wildman–Crippen MR) is 76.3 cm³/mol. The molecule has 1 saturated heterocycles. The Labute approximate surface area is 119 Å². The highest BCUT2D eigenvalue weighted by Crippen LogP contribution is 2.24. The minimum atomic E-state index is -0.183. The van der Waals surface area contributed by atoms with Crippen LogP contribution < -0.4 is 10.2 Å². The highest BCUT2D eigenvalue weighted by Gasteiger charge is 2.25. The first-order valence-electron chi connectivity index (χ1n) is 7.51. The first-order valence-corrected chi connectivity index (χ1v) is 7.51. The number of morpholine rings is 1. The summed E-state index contributed by atoms with van der Waals surface area (Å²) in [7, 11) is 0. The van der Waals surface area contributed by atoms with Crippen LogP contribution in [0.5, 0.6) is 0 Å². The molecule has 2 aliphatic rings. The van der Waals surface area contributed by atoms with Gasteiger partial charge in [-0.1, -0.05) is 6.92 Å². The van der Waals surface area contributed by atoms with Gasteiger partial charge in [0.2, 0.25) is 0 Å². The molecule has 1 N–H and O–H groups in total. The third-order valence-corrected chi connectivity index (χ3v) is 4.00. The van der Waals surface area contributed by atoms with Gasteiger partial charge in [-0.3, -0.25) is 0 Å². The Bertz CT molecular complexity index is 464. The molecular weight excluding hydrogens is 257 g/mol. The molecule has 5 heteroatoms. The molecule has 1 aliphatic carbocycles. The molecule has 1 aromatic rings. The van der Waals surface area contributed by atoms with Gasteiger partial charge in [0.25, 0.3) is 0 Å². The van der Waals surface area contributed by atoms with E-state index >= 15 is 0 Å². The maximum Gasteiger partial charge on any atom is 0.170 e. The number of nitrogens with one attached hydrogen (secondary N) is 1. The van der Waals surface area contributed by atoms with Crippen LogP contribution in [0.25, 0.3) is 0 Å². The Balaban J connectivity index is 1.72. The van der Waals surface area contributed by atoms with E-state index < -0.39 is 0 Å². The Hall–Kier alpha value is -1.20. The Morgan fingerprint density at radius 1 is 1.50 bits per heavy atom. The third-order valence-electron chi connectivity index (χ3n) is 4.00. The molecule has 1 aromatic heterocycles. The van der Waals surface area contributed by atoms with E-state index in [9.17, 15) is 4.39 Å². The number of hydrogen-bond acceptors (Lipinski definition) is 4. The molecule has 0 radical (unpaired) electrons. The summed E-state index contributed by atoms with van der Waals surface area (Å²) in [5.74, 6) is 0.291. The van der Waals surface area contributed by atoms with E-state index in [1.165, 1.54) is 12.8 Å². The second-order valence-electron chi connectivity index (χ2n) is 5.61. The molecule has 1 unspecified atom stereocenters. The van der Waals surface area contributed by atoms with E-state index in [-0.39, 0.29) is 11.9 Å². The monoisotopic (exact) mass is 279 g/mol. The van der Waals surface area contributed by atoms with E-state index in [1.54, 1.807) is 12.3 Å². The van der Waals surface area contributed by atoms with Crippen LogP contribution in [-0.4, -0.2) is 36.8 Å².